The monoisotopic (exact) mass is 585 g/mol. The van der Waals surface area contributed by atoms with Crippen LogP contribution >= 0.6 is 0 Å². The van der Waals surface area contributed by atoms with Crippen LogP contribution < -0.4 is 4.90 Å². The highest BCUT2D eigenvalue weighted by molar-refractivity contribution is 6.05. The Hall–Kier alpha value is -3.75. The van der Waals surface area contributed by atoms with Crippen LogP contribution in [-0.4, -0.2) is 76.6 Å². The van der Waals surface area contributed by atoms with Gasteiger partial charge in [0.2, 0.25) is 11.8 Å². The lowest BCUT2D eigenvalue weighted by molar-refractivity contribution is -0.153. The quantitative estimate of drug-likeness (QED) is 0.396. The van der Waals surface area contributed by atoms with E-state index in [0.717, 1.165) is 16.8 Å². The van der Waals surface area contributed by atoms with E-state index < -0.39 is 35.1 Å². The summed E-state index contributed by atoms with van der Waals surface area (Å²) in [4.78, 5) is 48.7. The van der Waals surface area contributed by atoms with Crippen LogP contribution in [0.15, 0.2) is 73.8 Å². The zero-order chi connectivity index (χ0) is 31.1. The molecule has 3 saturated heterocycles. The van der Waals surface area contributed by atoms with Crippen molar-refractivity contribution in [3.63, 3.8) is 0 Å². The minimum atomic E-state index is -1.22. The number of hydrogen-bond donors (Lipinski definition) is 1. The summed E-state index contributed by atoms with van der Waals surface area (Å²) in [5.74, 6) is -2.45. The molecule has 2 unspecified atom stereocenters. The van der Waals surface area contributed by atoms with Crippen molar-refractivity contribution in [2.75, 3.05) is 31.6 Å². The van der Waals surface area contributed by atoms with Crippen LogP contribution in [-0.2, 0) is 19.1 Å². The van der Waals surface area contributed by atoms with Crippen LogP contribution in [0.25, 0.3) is 0 Å². The molecule has 5 rings (SSSR count). The first-order valence-electron chi connectivity index (χ1n) is 15.1. The third-order valence-electron chi connectivity index (χ3n) is 9.82. The van der Waals surface area contributed by atoms with Crippen LogP contribution in [0.3, 0.4) is 0 Å². The summed E-state index contributed by atoms with van der Waals surface area (Å²) in [6, 6.07) is 13.3. The Balaban J connectivity index is 1.71. The summed E-state index contributed by atoms with van der Waals surface area (Å²) < 4.78 is 6.98. The fraction of sp³-hybridized carbons (Fsp3) is 0.457. The fourth-order valence-electron chi connectivity index (χ4n) is 7.79. The Bertz CT molecular complexity index is 1430. The van der Waals surface area contributed by atoms with Gasteiger partial charge in [0.15, 0.2) is 0 Å². The lowest BCUT2D eigenvalue weighted by atomic mass is 9.64. The van der Waals surface area contributed by atoms with E-state index in [4.69, 9.17) is 4.74 Å². The molecule has 3 aliphatic rings. The lowest BCUT2D eigenvalue weighted by Gasteiger charge is -2.40. The number of nitrogens with zero attached hydrogens (tertiary/aromatic N) is 3. The number of anilines is 1. The Morgan fingerprint density at radius 3 is 2.42 bits per heavy atom. The number of benzene rings is 2. The summed E-state index contributed by atoms with van der Waals surface area (Å²) in [6.07, 6.45) is 4.88. The van der Waals surface area contributed by atoms with E-state index in [1.807, 2.05) is 69.3 Å². The topological polar surface area (TPSA) is 90.4 Å². The van der Waals surface area contributed by atoms with E-state index in [9.17, 15) is 14.7 Å². The number of amides is 3. The van der Waals surface area contributed by atoms with Crippen molar-refractivity contribution in [3.05, 3.63) is 90.5 Å². The Labute approximate surface area is 254 Å². The largest absolute Gasteiger partial charge is 0.394 e. The molecule has 0 aliphatic carbocycles. The summed E-state index contributed by atoms with van der Waals surface area (Å²) in [5, 5.41) is 10.8. The molecule has 3 heterocycles. The molecular weight excluding hydrogens is 542 g/mol. The normalized spacial score (nSPS) is 28.0. The second kappa shape index (κ2) is 11.7. The molecule has 0 radical (unpaired) electrons. The molecule has 43 heavy (non-hydrogen) atoms. The first-order valence-corrected chi connectivity index (χ1v) is 15.1. The first kappa shape index (κ1) is 30.7. The molecule has 8 nitrogen and oxygen atoms in total. The zero-order valence-corrected chi connectivity index (χ0v) is 25.7. The molecule has 0 saturated carbocycles. The van der Waals surface area contributed by atoms with Gasteiger partial charge in [-0.25, -0.2) is 0 Å². The average Bonchev–Trinajstić information content (AvgIpc) is 3.61. The number of aryl methyl sites for hydroxylation is 2. The van der Waals surface area contributed by atoms with E-state index in [1.165, 1.54) is 4.90 Å². The predicted molar refractivity (Wildman–Crippen MR) is 166 cm³/mol. The lowest BCUT2D eigenvalue weighted by Crippen LogP contribution is -2.57. The highest BCUT2D eigenvalue weighted by atomic mass is 16.5. The van der Waals surface area contributed by atoms with E-state index in [1.54, 1.807) is 29.0 Å². The SMILES string of the molecule is C=CCN(C)C(=O)[C@@H]1[C@H]2C(=O)N([C@H](CO)c3ccccc3)C(C(=O)N(CC=C)c3cc(C)ccc3C)C23CC[C@@]1(CC)O3. The number of hydrogen-bond acceptors (Lipinski definition) is 5. The number of aliphatic hydroxyl groups is 1. The highest BCUT2D eigenvalue weighted by Crippen LogP contribution is 2.65. The number of fused-ring (bicyclic) bond motifs is 1. The molecule has 0 aromatic heterocycles. The van der Waals surface area contributed by atoms with Crippen LogP contribution in [0, 0.1) is 25.7 Å². The smallest absolute Gasteiger partial charge is 0.253 e. The molecule has 3 aliphatic heterocycles. The number of rotatable bonds is 11. The van der Waals surface area contributed by atoms with Crippen molar-refractivity contribution in [3.8, 4) is 0 Å². The number of carbonyl (C=O) groups excluding carboxylic acids is 3. The maximum atomic E-state index is 15.1. The van der Waals surface area contributed by atoms with Crippen LogP contribution in [0.4, 0.5) is 5.69 Å². The number of carbonyl (C=O) groups is 3. The van der Waals surface area contributed by atoms with Gasteiger partial charge in [-0.15, -0.1) is 13.2 Å². The minimum Gasteiger partial charge on any atom is -0.394 e. The van der Waals surface area contributed by atoms with Gasteiger partial charge in [0, 0.05) is 25.8 Å². The molecular formula is C35H43N3O5. The molecule has 8 heteroatoms. The number of likely N-dealkylation sites (tertiary alicyclic amines) is 1. The van der Waals surface area contributed by atoms with Gasteiger partial charge >= 0.3 is 0 Å². The van der Waals surface area contributed by atoms with Crippen LogP contribution in [0.2, 0.25) is 0 Å². The summed E-state index contributed by atoms with van der Waals surface area (Å²) in [6.45, 7) is 13.8. The summed E-state index contributed by atoms with van der Waals surface area (Å²) in [7, 11) is 1.71. The Morgan fingerprint density at radius 1 is 1.09 bits per heavy atom. The molecule has 2 aromatic carbocycles. The summed E-state index contributed by atoms with van der Waals surface area (Å²) >= 11 is 0. The van der Waals surface area contributed by atoms with Gasteiger partial charge in [0.1, 0.15) is 11.6 Å². The van der Waals surface area contributed by atoms with Gasteiger partial charge in [-0.3, -0.25) is 14.4 Å². The maximum Gasteiger partial charge on any atom is 0.253 e. The van der Waals surface area contributed by atoms with Gasteiger partial charge in [0.25, 0.3) is 5.91 Å². The molecule has 3 fully saturated rings. The molecule has 2 aromatic rings. The number of likely N-dealkylation sites (N-methyl/N-ethyl adjacent to an activating group) is 1. The zero-order valence-electron chi connectivity index (χ0n) is 25.7. The highest BCUT2D eigenvalue weighted by Gasteiger charge is 2.79. The van der Waals surface area contributed by atoms with Crippen molar-refractivity contribution in [1.82, 2.24) is 9.80 Å². The van der Waals surface area contributed by atoms with Crippen LogP contribution in [0.5, 0.6) is 0 Å². The van der Waals surface area contributed by atoms with E-state index in [0.29, 0.717) is 31.4 Å². The maximum absolute atomic E-state index is 15.1. The first-order chi connectivity index (χ1) is 20.6. The second-order valence-corrected chi connectivity index (χ2v) is 12.2. The third-order valence-corrected chi connectivity index (χ3v) is 9.82. The van der Waals surface area contributed by atoms with Gasteiger partial charge in [-0.2, -0.15) is 0 Å². The number of aliphatic hydroxyl groups excluding tert-OH is 1. The Morgan fingerprint density at radius 2 is 1.79 bits per heavy atom. The molecule has 6 atom stereocenters. The van der Waals surface area contributed by atoms with E-state index >= 15 is 4.79 Å². The van der Waals surface area contributed by atoms with Crippen molar-refractivity contribution >= 4 is 23.4 Å². The van der Waals surface area contributed by atoms with Crippen molar-refractivity contribution < 1.29 is 24.2 Å². The Kier molecular flexibility index (Phi) is 8.38. The van der Waals surface area contributed by atoms with Crippen LogP contribution in [0.1, 0.15) is 48.9 Å². The van der Waals surface area contributed by atoms with Crippen molar-refractivity contribution in [2.45, 2.75) is 63.3 Å². The van der Waals surface area contributed by atoms with Gasteiger partial charge in [0.05, 0.1) is 30.1 Å². The number of ether oxygens (including phenoxy) is 1. The third kappa shape index (κ3) is 4.71. The minimum absolute atomic E-state index is 0.188. The van der Waals surface area contributed by atoms with Gasteiger partial charge in [-0.1, -0.05) is 61.5 Å². The standard InChI is InChI=1S/C35H43N3O5/c1-7-19-36(6)31(40)28-29-32(41)38(27(22-39)25-13-11-10-12-14-25)30(35(29)18-17-34(28,9-3)43-35)33(42)37(20-8-2)26-21-23(4)15-16-24(26)5/h7-8,10-16,21,27-30,39H,1-2,9,17-20,22H2,3-6H3/t27-,28+,29+,30?,34-,35?/m1/s1. The average molecular weight is 586 g/mol. The summed E-state index contributed by atoms with van der Waals surface area (Å²) in [5.41, 5.74) is 1.26. The molecule has 228 valence electrons. The van der Waals surface area contributed by atoms with Crippen molar-refractivity contribution in [2.24, 2.45) is 11.8 Å². The molecule has 3 amide bonds. The van der Waals surface area contributed by atoms with Crippen molar-refractivity contribution in [1.29, 1.82) is 0 Å². The fourth-order valence-corrected chi connectivity index (χ4v) is 7.79. The van der Waals surface area contributed by atoms with E-state index in [2.05, 4.69) is 13.2 Å². The molecule has 2 bridgehead atoms. The second-order valence-electron chi connectivity index (χ2n) is 12.2. The predicted octanol–water partition coefficient (Wildman–Crippen LogP) is 4.36. The van der Waals surface area contributed by atoms with Gasteiger partial charge in [-0.05, 0) is 55.9 Å². The molecule has 1 N–H and O–H groups in total. The molecule has 1 spiro atoms. The van der Waals surface area contributed by atoms with E-state index in [-0.39, 0.29) is 30.9 Å². The van der Waals surface area contributed by atoms with Gasteiger partial charge < -0.3 is 24.5 Å².